The number of ether oxygens (including phenoxy) is 1. The number of benzene rings is 2. The summed E-state index contributed by atoms with van der Waals surface area (Å²) >= 11 is 6.04. The van der Waals surface area contributed by atoms with Crippen molar-refractivity contribution in [3.8, 4) is 5.75 Å². The number of allylic oxidation sites excluding steroid dienone is 1. The topological polar surface area (TPSA) is 31.2 Å². The van der Waals surface area contributed by atoms with E-state index >= 15 is 0 Å². The fourth-order valence-corrected chi connectivity index (χ4v) is 2.83. The van der Waals surface area contributed by atoms with Gasteiger partial charge in [0.25, 0.3) is 0 Å². The Morgan fingerprint density at radius 3 is 2.81 bits per heavy atom. The molecule has 2 aromatic carbocycles. The zero-order valence-electron chi connectivity index (χ0n) is 11.6. The number of rotatable bonds is 3. The first-order valence-corrected chi connectivity index (χ1v) is 6.95. The third-order valence-corrected chi connectivity index (χ3v) is 3.77. The summed E-state index contributed by atoms with van der Waals surface area (Å²) in [6.45, 7) is 4.38. The lowest BCUT2D eigenvalue weighted by Crippen LogP contribution is -2.12. The molecule has 0 unspecified atom stereocenters. The second-order valence-electron chi connectivity index (χ2n) is 4.75. The summed E-state index contributed by atoms with van der Waals surface area (Å²) in [4.78, 5) is 12.7. The molecule has 3 rings (SSSR count). The van der Waals surface area contributed by atoms with E-state index in [-0.39, 0.29) is 5.43 Å². The van der Waals surface area contributed by atoms with Gasteiger partial charge in [0.1, 0.15) is 5.75 Å². The average Bonchev–Trinajstić information content (AvgIpc) is 2.51. The number of halogens is 1. The van der Waals surface area contributed by atoms with E-state index in [4.69, 9.17) is 16.3 Å². The fraction of sp³-hybridized carbons (Fsp3) is 0.118. The highest BCUT2D eigenvalue weighted by molar-refractivity contribution is 6.31. The van der Waals surface area contributed by atoms with Crippen LogP contribution in [0.2, 0.25) is 5.02 Å². The Kier molecular flexibility index (Phi) is 3.43. The third-order valence-electron chi connectivity index (χ3n) is 3.54. The Morgan fingerprint density at radius 1 is 1.29 bits per heavy atom. The second-order valence-corrected chi connectivity index (χ2v) is 5.18. The van der Waals surface area contributed by atoms with Gasteiger partial charge in [-0.3, -0.25) is 4.79 Å². The molecule has 0 fully saturated rings. The molecule has 0 aliphatic rings. The quantitative estimate of drug-likeness (QED) is 0.540. The summed E-state index contributed by atoms with van der Waals surface area (Å²) in [6.07, 6.45) is 1.80. The predicted octanol–water partition coefficient (Wildman–Crippen LogP) is 4.00. The molecule has 0 amide bonds. The first kappa shape index (κ1) is 13.7. The van der Waals surface area contributed by atoms with Gasteiger partial charge in [-0.1, -0.05) is 23.7 Å². The van der Waals surface area contributed by atoms with E-state index in [1.54, 1.807) is 31.4 Å². The Morgan fingerprint density at radius 2 is 2.10 bits per heavy atom. The van der Waals surface area contributed by atoms with Gasteiger partial charge in [-0.25, -0.2) is 0 Å². The van der Waals surface area contributed by atoms with Crippen LogP contribution in [-0.4, -0.2) is 11.7 Å². The van der Waals surface area contributed by atoms with Crippen LogP contribution in [0.3, 0.4) is 0 Å². The lowest BCUT2D eigenvalue weighted by Gasteiger charge is -2.16. The highest BCUT2D eigenvalue weighted by atomic mass is 35.5. The minimum Gasteiger partial charge on any atom is -0.495 e. The molecule has 0 aliphatic carbocycles. The van der Waals surface area contributed by atoms with Crippen LogP contribution in [0.4, 0.5) is 0 Å². The molecule has 0 aliphatic heterocycles. The van der Waals surface area contributed by atoms with Crippen molar-refractivity contribution in [3.05, 3.63) is 64.3 Å². The van der Waals surface area contributed by atoms with Gasteiger partial charge in [0.2, 0.25) is 0 Å². The maximum Gasteiger partial charge on any atom is 0.197 e. The van der Waals surface area contributed by atoms with Crippen molar-refractivity contribution in [2.75, 3.05) is 7.11 Å². The van der Waals surface area contributed by atoms with Crippen LogP contribution in [0.15, 0.2) is 53.8 Å². The molecule has 4 heteroatoms. The van der Waals surface area contributed by atoms with Crippen LogP contribution in [0.1, 0.15) is 0 Å². The van der Waals surface area contributed by atoms with E-state index < -0.39 is 0 Å². The number of fused-ring (bicyclic) bond motifs is 2. The molecule has 0 spiro atoms. The van der Waals surface area contributed by atoms with E-state index in [0.29, 0.717) is 28.1 Å². The molecule has 0 bridgehead atoms. The van der Waals surface area contributed by atoms with Crippen LogP contribution in [0, 0.1) is 0 Å². The molecule has 0 saturated heterocycles. The van der Waals surface area contributed by atoms with Crippen molar-refractivity contribution in [1.82, 2.24) is 4.57 Å². The highest BCUT2D eigenvalue weighted by Crippen LogP contribution is 2.28. The van der Waals surface area contributed by atoms with E-state index in [9.17, 15) is 4.79 Å². The van der Waals surface area contributed by atoms with E-state index in [1.165, 1.54) is 0 Å². The molecule has 0 N–H and O–H groups in total. The second kappa shape index (κ2) is 5.26. The minimum atomic E-state index is -0.0401. The Hall–Kier alpha value is -2.26. The molecule has 0 atom stereocenters. The van der Waals surface area contributed by atoms with Crippen molar-refractivity contribution in [1.29, 1.82) is 0 Å². The maximum absolute atomic E-state index is 12.7. The van der Waals surface area contributed by atoms with Crippen LogP contribution >= 0.6 is 11.6 Å². The standard InChI is InChI=1S/C17H14ClNO2/c1-3-9-19-14-8-7-11(18)10-13(14)17(20)12-5-4-6-15(21-2)16(12)19/h3-8,10H,1,9H2,2H3. The summed E-state index contributed by atoms with van der Waals surface area (Å²) in [5, 5.41) is 1.77. The smallest absolute Gasteiger partial charge is 0.197 e. The minimum absolute atomic E-state index is 0.0401. The molecule has 1 heterocycles. The van der Waals surface area contributed by atoms with Crippen molar-refractivity contribution in [2.24, 2.45) is 0 Å². The number of nitrogens with zero attached hydrogens (tertiary/aromatic N) is 1. The fourth-order valence-electron chi connectivity index (χ4n) is 2.66. The van der Waals surface area contributed by atoms with Gasteiger partial charge in [0.15, 0.2) is 5.43 Å². The van der Waals surface area contributed by atoms with Crippen LogP contribution < -0.4 is 10.2 Å². The summed E-state index contributed by atoms with van der Waals surface area (Å²) < 4.78 is 7.44. The van der Waals surface area contributed by atoms with Crippen molar-refractivity contribution in [3.63, 3.8) is 0 Å². The molecule has 3 aromatic rings. The largest absolute Gasteiger partial charge is 0.495 e. The molecule has 0 radical (unpaired) electrons. The van der Waals surface area contributed by atoms with Crippen LogP contribution in [0.5, 0.6) is 5.75 Å². The van der Waals surface area contributed by atoms with Gasteiger partial charge in [-0.15, -0.1) is 6.58 Å². The van der Waals surface area contributed by atoms with Gasteiger partial charge in [0, 0.05) is 17.0 Å². The predicted molar refractivity (Wildman–Crippen MR) is 87.5 cm³/mol. The number of methoxy groups -OCH3 is 1. The molecular weight excluding hydrogens is 286 g/mol. The van der Waals surface area contributed by atoms with Crippen LogP contribution in [-0.2, 0) is 6.54 Å². The Balaban J connectivity index is 2.63. The van der Waals surface area contributed by atoms with Crippen molar-refractivity contribution in [2.45, 2.75) is 6.54 Å². The molecular formula is C17H14ClNO2. The maximum atomic E-state index is 12.7. The zero-order valence-corrected chi connectivity index (χ0v) is 12.4. The third kappa shape index (κ3) is 2.10. The Bertz CT molecular complexity index is 912. The number of para-hydroxylation sites is 1. The van der Waals surface area contributed by atoms with Gasteiger partial charge in [-0.2, -0.15) is 0 Å². The zero-order chi connectivity index (χ0) is 15.0. The summed E-state index contributed by atoms with van der Waals surface area (Å²) in [5.74, 6) is 0.670. The summed E-state index contributed by atoms with van der Waals surface area (Å²) in [5.41, 5.74) is 1.56. The molecule has 0 saturated carbocycles. The molecule has 106 valence electrons. The molecule has 21 heavy (non-hydrogen) atoms. The number of pyridine rings is 1. The number of hydrogen-bond acceptors (Lipinski definition) is 2. The monoisotopic (exact) mass is 299 g/mol. The van der Waals surface area contributed by atoms with Crippen LogP contribution in [0.25, 0.3) is 21.8 Å². The van der Waals surface area contributed by atoms with E-state index in [0.717, 1.165) is 11.0 Å². The SMILES string of the molecule is C=CCn1c2ccc(Cl)cc2c(=O)c2cccc(OC)c21. The van der Waals surface area contributed by atoms with Gasteiger partial charge >= 0.3 is 0 Å². The Labute approximate surface area is 127 Å². The average molecular weight is 300 g/mol. The van der Waals surface area contributed by atoms with E-state index in [2.05, 4.69) is 6.58 Å². The van der Waals surface area contributed by atoms with Gasteiger partial charge in [-0.05, 0) is 30.3 Å². The van der Waals surface area contributed by atoms with E-state index in [1.807, 2.05) is 22.8 Å². The number of aromatic nitrogens is 1. The normalized spacial score (nSPS) is 11.0. The summed E-state index contributed by atoms with van der Waals surface area (Å²) in [6, 6.07) is 10.8. The molecule has 3 nitrogen and oxygen atoms in total. The lowest BCUT2D eigenvalue weighted by atomic mass is 10.1. The van der Waals surface area contributed by atoms with Crippen molar-refractivity contribution < 1.29 is 4.74 Å². The van der Waals surface area contributed by atoms with Crippen molar-refractivity contribution >= 4 is 33.4 Å². The number of hydrogen-bond donors (Lipinski definition) is 0. The molecule has 1 aromatic heterocycles. The lowest BCUT2D eigenvalue weighted by molar-refractivity contribution is 0.417. The van der Waals surface area contributed by atoms with Gasteiger partial charge < -0.3 is 9.30 Å². The first-order chi connectivity index (χ1) is 10.2. The first-order valence-electron chi connectivity index (χ1n) is 6.57. The highest BCUT2D eigenvalue weighted by Gasteiger charge is 2.13. The summed E-state index contributed by atoms with van der Waals surface area (Å²) in [7, 11) is 1.60. The van der Waals surface area contributed by atoms with Gasteiger partial charge in [0.05, 0.1) is 23.5 Å².